The normalized spacial score (nSPS) is 27.6. The van der Waals surface area contributed by atoms with Crippen molar-refractivity contribution in [1.82, 2.24) is 0 Å². The van der Waals surface area contributed by atoms with Gasteiger partial charge in [0.1, 0.15) is 0 Å². The van der Waals surface area contributed by atoms with Crippen LogP contribution in [0.5, 0.6) is 0 Å². The Balaban J connectivity index is 2.44. The van der Waals surface area contributed by atoms with Crippen molar-refractivity contribution in [2.75, 3.05) is 0 Å². The van der Waals surface area contributed by atoms with Gasteiger partial charge in [0, 0.05) is 0 Å². The second-order valence-corrected chi connectivity index (χ2v) is 27.1. The van der Waals surface area contributed by atoms with Crippen LogP contribution in [0.25, 0.3) is 0 Å². The van der Waals surface area contributed by atoms with Crippen LogP contribution in [0.4, 0.5) is 0 Å². The third-order valence-electron chi connectivity index (χ3n) is 4.77. The molecule has 0 radical (unpaired) electrons. The molecule has 0 bridgehead atoms. The minimum absolute atomic E-state index is 0.473. The van der Waals surface area contributed by atoms with Crippen LogP contribution in [0.2, 0.25) is 19.8 Å². The maximum absolute atomic E-state index is 2.62. The van der Waals surface area contributed by atoms with Crippen LogP contribution < -0.4 is 0 Å². The first-order valence-corrected chi connectivity index (χ1v) is 16.8. The molecule has 0 saturated heterocycles. The topological polar surface area (TPSA) is 0 Å². The van der Waals surface area contributed by atoms with E-state index in [4.69, 9.17) is 0 Å². The fourth-order valence-electron chi connectivity index (χ4n) is 3.60. The third kappa shape index (κ3) is 2.27. The monoisotopic (exact) mass is 335 g/mol. The Bertz CT molecular complexity index is 455. The molecule has 0 aromatic rings. The van der Waals surface area contributed by atoms with Gasteiger partial charge in [-0.3, -0.25) is 0 Å². The zero-order chi connectivity index (χ0) is 13.5. The van der Waals surface area contributed by atoms with Gasteiger partial charge in [0.2, 0.25) is 0 Å². The molecule has 2 aliphatic rings. The van der Waals surface area contributed by atoms with Crippen molar-refractivity contribution >= 4 is 5.92 Å². The third-order valence-corrected chi connectivity index (χ3v) is 27.9. The molecule has 0 fully saturated rings. The maximum atomic E-state index is 2.62. The fraction of sp³-hybridized carbons (Fsp3) is 0.500. The molecule has 0 heterocycles. The van der Waals surface area contributed by atoms with E-state index in [0.717, 1.165) is 3.63 Å². The number of rotatable bonds is 3. The Morgan fingerprint density at radius 2 is 1.67 bits per heavy atom. The molecule has 0 nitrogen and oxygen atoms in total. The molecule has 0 amide bonds. The summed E-state index contributed by atoms with van der Waals surface area (Å²) in [5.41, 5.74) is 4.79. The Labute approximate surface area is 121 Å². The first kappa shape index (κ1) is 14.5. The van der Waals surface area contributed by atoms with Gasteiger partial charge in [-0.1, -0.05) is 0 Å². The van der Waals surface area contributed by atoms with Crippen LogP contribution in [0, 0.1) is 0 Å². The van der Waals surface area contributed by atoms with E-state index in [0.29, 0.717) is 3.12 Å². The summed E-state index contributed by atoms with van der Waals surface area (Å²) in [6.45, 7) is 14.7. The molecule has 0 aromatic carbocycles. The van der Waals surface area contributed by atoms with Crippen molar-refractivity contribution in [3.63, 3.8) is 0 Å². The van der Waals surface area contributed by atoms with Gasteiger partial charge < -0.3 is 0 Å². The van der Waals surface area contributed by atoms with Crippen molar-refractivity contribution in [2.24, 2.45) is 0 Å². The van der Waals surface area contributed by atoms with Gasteiger partial charge in [-0.25, -0.2) is 0 Å². The van der Waals surface area contributed by atoms with E-state index in [9.17, 15) is 0 Å². The van der Waals surface area contributed by atoms with Gasteiger partial charge in [0.15, 0.2) is 0 Å². The van der Waals surface area contributed by atoms with Crippen molar-refractivity contribution < 1.29 is 20.9 Å². The molecule has 0 aliphatic heterocycles. The summed E-state index contributed by atoms with van der Waals surface area (Å²) < 4.78 is 1.31. The summed E-state index contributed by atoms with van der Waals surface area (Å²) in [5.74, 6) is -0.537. The van der Waals surface area contributed by atoms with Gasteiger partial charge >= 0.3 is 121 Å². The quantitative estimate of drug-likeness (QED) is 0.638. The van der Waals surface area contributed by atoms with Crippen LogP contribution in [0.1, 0.15) is 27.7 Å². The standard InChI is InChI=1S/C9H13.C5H5.C2H7Si.Zr/c1-6-5-7(2)9(4)8(6)3;1-2-4-5-3-1;1-3-2;/h5H,1-4H3;1-5H;3H,1-2H3;. The van der Waals surface area contributed by atoms with Crippen LogP contribution in [0.3, 0.4) is 0 Å². The van der Waals surface area contributed by atoms with Crippen LogP contribution in [-0.2, 0) is 20.9 Å². The molecule has 0 spiro atoms. The van der Waals surface area contributed by atoms with E-state index in [1.54, 1.807) is 11.1 Å². The second kappa shape index (κ2) is 5.21. The summed E-state index contributed by atoms with van der Waals surface area (Å²) >= 11 is -1.51. The molecular formula is C16H25SiZr. The Morgan fingerprint density at radius 1 is 1.11 bits per heavy atom. The summed E-state index contributed by atoms with van der Waals surface area (Å²) in [5, 5.41) is 0. The Hall–Kier alpha value is 0.0600. The predicted octanol–water partition coefficient (Wildman–Crippen LogP) is 4.98. The second-order valence-electron chi connectivity index (χ2n) is 6.19. The van der Waals surface area contributed by atoms with Crippen molar-refractivity contribution in [3.8, 4) is 0 Å². The Kier molecular flexibility index (Phi) is 4.19. The summed E-state index contributed by atoms with van der Waals surface area (Å²) in [4.78, 5) is 0. The van der Waals surface area contributed by atoms with Gasteiger partial charge in [-0.2, -0.15) is 0 Å². The number of allylic oxidation sites excluding steroid dienone is 8. The number of hydrogen-bond donors (Lipinski definition) is 0. The van der Waals surface area contributed by atoms with E-state index < -0.39 is 26.8 Å². The molecule has 18 heavy (non-hydrogen) atoms. The summed E-state index contributed by atoms with van der Waals surface area (Å²) in [6.07, 6.45) is 12.1. The molecule has 1 atom stereocenters. The molecule has 2 rings (SSSR count). The molecule has 2 aliphatic carbocycles. The summed E-state index contributed by atoms with van der Waals surface area (Å²) in [6, 6.07) is 0. The zero-order valence-electron chi connectivity index (χ0n) is 12.5. The first-order valence-electron chi connectivity index (χ1n) is 6.98. The first-order chi connectivity index (χ1) is 8.38. The number of hydrogen-bond acceptors (Lipinski definition) is 0. The van der Waals surface area contributed by atoms with Crippen molar-refractivity contribution in [2.45, 2.75) is 47.5 Å². The molecule has 2 heteroatoms. The van der Waals surface area contributed by atoms with E-state index >= 15 is 0 Å². The van der Waals surface area contributed by atoms with Crippen LogP contribution in [0.15, 0.2) is 47.1 Å². The average molecular weight is 337 g/mol. The van der Waals surface area contributed by atoms with E-state index in [1.807, 2.05) is 0 Å². The van der Waals surface area contributed by atoms with Crippen LogP contribution in [-0.4, -0.2) is 5.92 Å². The van der Waals surface area contributed by atoms with Crippen molar-refractivity contribution in [1.29, 1.82) is 0 Å². The SMILES string of the molecule is CC1=C[C](C)([Zr]([CH]2C=CC=C2)[SiH](C)C)C(C)=C1C. The van der Waals surface area contributed by atoms with Gasteiger partial charge in [-0.05, 0) is 0 Å². The molecular weight excluding hydrogens is 311 g/mol. The van der Waals surface area contributed by atoms with Crippen molar-refractivity contribution in [3.05, 3.63) is 47.1 Å². The molecule has 0 N–H and O–H groups in total. The fourth-order valence-corrected chi connectivity index (χ4v) is 28.9. The molecule has 97 valence electrons. The van der Waals surface area contributed by atoms with Crippen LogP contribution >= 0.6 is 0 Å². The average Bonchev–Trinajstić information content (AvgIpc) is 2.85. The van der Waals surface area contributed by atoms with Gasteiger partial charge in [0.25, 0.3) is 0 Å². The molecule has 1 unspecified atom stereocenters. The predicted molar refractivity (Wildman–Crippen MR) is 81.4 cm³/mol. The Morgan fingerprint density at radius 3 is 2.06 bits per heavy atom. The van der Waals surface area contributed by atoms with E-state index in [2.05, 4.69) is 71.2 Å². The molecule has 0 saturated carbocycles. The van der Waals surface area contributed by atoms with E-state index in [-0.39, 0.29) is 0 Å². The zero-order valence-corrected chi connectivity index (χ0v) is 16.2. The molecule has 0 aromatic heterocycles. The van der Waals surface area contributed by atoms with Gasteiger partial charge in [0.05, 0.1) is 0 Å². The van der Waals surface area contributed by atoms with E-state index in [1.165, 1.54) is 5.57 Å². The summed E-state index contributed by atoms with van der Waals surface area (Å²) in [7, 11) is 0. The van der Waals surface area contributed by atoms with Gasteiger partial charge in [-0.15, -0.1) is 0 Å². The minimum atomic E-state index is -1.51.